The number of rotatable bonds is 10. The molecule has 2 rings (SSSR count). The van der Waals surface area contributed by atoms with Crippen LogP contribution in [-0.4, -0.2) is 32.4 Å². The normalized spacial score (nSPS) is 17.3. The second-order valence-electron chi connectivity index (χ2n) is 5.44. The second-order valence-corrected chi connectivity index (χ2v) is 9.36. The highest BCUT2D eigenvalue weighted by Crippen LogP contribution is 2.68. The number of ether oxygens (including phenoxy) is 1. The van der Waals surface area contributed by atoms with E-state index in [0.717, 1.165) is 5.56 Å². The van der Waals surface area contributed by atoms with Crippen molar-refractivity contribution in [1.29, 1.82) is 0 Å². The molecule has 1 heterocycles. The molecule has 0 saturated carbocycles. The van der Waals surface area contributed by atoms with E-state index >= 15 is 0 Å². The maximum absolute atomic E-state index is 13.5. The van der Waals surface area contributed by atoms with Gasteiger partial charge in [0, 0.05) is 0 Å². The third kappa shape index (κ3) is 4.16. The molecule has 0 fully saturated rings. The van der Waals surface area contributed by atoms with Crippen molar-refractivity contribution in [3.05, 3.63) is 23.8 Å². The van der Waals surface area contributed by atoms with E-state index in [-0.39, 0.29) is 26.4 Å². The van der Waals surface area contributed by atoms with E-state index < -0.39 is 21.3 Å². The van der Waals surface area contributed by atoms with Gasteiger partial charge in [-0.05, 0) is 52.3 Å². The fourth-order valence-corrected chi connectivity index (χ4v) is 6.78. The first-order valence-electron chi connectivity index (χ1n) is 8.70. The molecule has 0 spiro atoms. The molecule has 0 aliphatic carbocycles. The molecule has 148 valence electrons. The molecule has 0 amide bonds. The van der Waals surface area contributed by atoms with Crippen LogP contribution < -0.4 is 9.41 Å². The second kappa shape index (κ2) is 8.87. The summed E-state index contributed by atoms with van der Waals surface area (Å²) in [5.74, 6) is -0.844. The zero-order valence-electron chi connectivity index (χ0n) is 15.8. The van der Waals surface area contributed by atoms with Gasteiger partial charge in [0.05, 0.1) is 32.1 Å². The molecule has 1 unspecified atom stereocenters. The largest absolute Gasteiger partial charge is 0.455 e. The third-order valence-corrected chi connectivity index (χ3v) is 7.96. The number of hydrogen-bond acceptors (Lipinski definition) is 7. The fourth-order valence-electron chi connectivity index (χ4n) is 2.65. The molecule has 0 N–H and O–H groups in total. The van der Waals surface area contributed by atoms with Gasteiger partial charge >= 0.3 is 15.3 Å². The van der Waals surface area contributed by atoms with Gasteiger partial charge in [-0.2, -0.15) is 0 Å². The molecule has 0 saturated heterocycles. The fraction of sp³-hybridized carbons (Fsp3) is 0.625. The number of fused-ring (bicyclic) bond motifs is 1. The molecule has 1 aliphatic heterocycles. The number of aryl methyl sites for hydroxylation is 1. The Hall–Kier alpha value is -0.880. The zero-order valence-corrected chi connectivity index (χ0v) is 17.6. The Morgan fingerprint density at radius 1 is 0.962 bits per heavy atom. The van der Waals surface area contributed by atoms with Crippen LogP contribution in [-0.2, 0) is 27.2 Å². The summed E-state index contributed by atoms with van der Waals surface area (Å²) >= 11 is 0. The zero-order chi connectivity index (χ0) is 19.4. The minimum atomic E-state index is -3.84. The number of benzene rings is 1. The topological polar surface area (TPSA) is 83.5 Å². The molecule has 1 aromatic carbocycles. The van der Waals surface area contributed by atoms with Gasteiger partial charge in [0.2, 0.25) is 0 Å². The third-order valence-electron chi connectivity index (χ3n) is 3.54. The first-order valence-corrected chi connectivity index (χ1v) is 11.8. The summed E-state index contributed by atoms with van der Waals surface area (Å²) in [6.07, 6.45) is 0. The first kappa shape index (κ1) is 21.4. The van der Waals surface area contributed by atoms with Crippen molar-refractivity contribution < 1.29 is 32.0 Å². The van der Waals surface area contributed by atoms with Crippen LogP contribution >= 0.6 is 15.3 Å². The number of anilines is 1. The Kier molecular flexibility index (Phi) is 7.31. The van der Waals surface area contributed by atoms with Crippen LogP contribution in [0.2, 0.25) is 0 Å². The molecule has 8 nitrogen and oxygen atoms in total. The van der Waals surface area contributed by atoms with E-state index in [2.05, 4.69) is 0 Å². The van der Waals surface area contributed by atoms with Gasteiger partial charge in [-0.15, -0.1) is 0 Å². The smallest absolute Gasteiger partial charge is 0.438 e. The average Bonchev–Trinajstić information content (AvgIpc) is 2.95. The van der Waals surface area contributed by atoms with Gasteiger partial charge in [-0.1, -0.05) is 6.07 Å². The monoisotopic (exact) mass is 407 g/mol. The van der Waals surface area contributed by atoms with Crippen LogP contribution in [0.15, 0.2) is 18.2 Å². The van der Waals surface area contributed by atoms with Crippen molar-refractivity contribution in [3.63, 3.8) is 0 Å². The first-order chi connectivity index (χ1) is 12.3. The predicted octanol–water partition coefficient (Wildman–Crippen LogP) is 4.92. The van der Waals surface area contributed by atoms with Gasteiger partial charge < -0.3 is 13.8 Å². The highest BCUT2D eigenvalue weighted by molar-refractivity contribution is 7.60. The lowest BCUT2D eigenvalue weighted by molar-refractivity contribution is 0.163. The van der Waals surface area contributed by atoms with Crippen LogP contribution in [0.4, 0.5) is 5.69 Å². The Bertz CT molecular complexity index is 692. The Morgan fingerprint density at radius 2 is 1.50 bits per heavy atom. The molecule has 1 atom stereocenters. The highest BCUT2D eigenvalue weighted by Gasteiger charge is 2.55. The van der Waals surface area contributed by atoms with Crippen molar-refractivity contribution in [2.75, 3.05) is 31.1 Å². The number of hydrogen-bond donors (Lipinski definition) is 0. The summed E-state index contributed by atoms with van der Waals surface area (Å²) in [6, 6.07) is 5.35. The standard InChI is InChI=1S/C16H27NO7P2/c1-6-20-25(18,21-7-2)16-17(26(19,22-8-3)23-9-4)14-12-13(5)10-11-15(14)24-16/h10-12,16H,6-9H2,1-5H3. The molecular formula is C16H27NO7P2. The van der Waals surface area contributed by atoms with E-state index in [1.165, 1.54) is 4.67 Å². The highest BCUT2D eigenvalue weighted by atomic mass is 31.2. The summed E-state index contributed by atoms with van der Waals surface area (Å²) < 4.78 is 55.9. The molecular weight excluding hydrogens is 380 g/mol. The molecule has 0 aromatic heterocycles. The average molecular weight is 407 g/mol. The maximum Gasteiger partial charge on any atom is 0.438 e. The van der Waals surface area contributed by atoms with E-state index in [1.54, 1.807) is 39.8 Å². The van der Waals surface area contributed by atoms with Crippen LogP contribution in [0.3, 0.4) is 0 Å². The SMILES string of the molecule is CCOP(=O)(OCC)C1Oc2ccc(C)cc2N1P(=O)(OCC)OCC. The van der Waals surface area contributed by atoms with Crippen molar-refractivity contribution >= 4 is 21.0 Å². The van der Waals surface area contributed by atoms with E-state index in [4.69, 9.17) is 22.8 Å². The summed E-state index contributed by atoms with van der Waals surface area (Å²) in [6.45, 7) is 9.30. The van der Waals surface area contributed by atoms with Crippen molar-refractivity contribution in [2.24, 2.45) is 0 Å². The van der Waals surface area contributed by atoms with Crippen molar-refractivity contribution in [2.45, 2.75) is 40.6 Å². The Labute approximate surface area is 154 Å². The maximum atomic E-state index is 13.5. The molecule has 0 radical (unpaired) electrons. The lowest BCUT2D eigenvalue weighted by atomic mass is 10.2. The van der Waals surface area contributed by atoms with Crippen molar-refractivity contribution in [3.8, 4) is 5.75 Å². The van der Waals surface area contributed by atoms with Crippen LogP contribution in [0.1, 0.15) is 33.3 Å². The molecule has 10 heteroatoms. The summed E-state index contributed by atoms with van der Waals surface area (Å²) in [5.41, 5.74) is 1.39. The molecule has 1 aliphatic rings. The summed E-state index contributed by atoms with van der Waals surface area (Å²) in [7, 11) is -7.64. The Morgan fingerprint density at radius 3 is 2.00 bits per heavy atom. The lowest BCUT2D eigenvalue weighted by Gasteiger charge is -2.33. The van der Waals surface area contributed by atoms with Crippen LogP contribution in [0.25, 0.3) is 0 Å². The van der Waals surface area contributed by atoms with E-state index in [0.29, 0.717) is 11.4 Å². The van der Waals surface area contributed by atoms with Gasteiger partial charge in [0.25, 0.3) is 5.97 Å². The summed E-state index contributed by atoms with van der Waals surface area (Å²) in [5, 5.41) is 0. The van der Waals surface area contributed by atoms with E-state index in [9.17, 15) is 9.13 Å². The van der Waals surface area contributed by atoms with Crippen LogP contribution in [0.5, 0.6) is 5.75 Å². The number of nitrogens with zero attached hydrogens (tertiary/aromatic N) is 1. The van der Waals surface area contributed by atoms with E-state index in [1.807, 2.05) is 13.0 Å². The van der Waals surface area contributed by atoms with Gasteiger partial charge in [0.1, 0.15) is 5.75 Å². The molecule has 26 heavy (non-hydrogen) atoms. The van der Waals surface area contributed by atoms with Crippen LogP contribution in [0, 0.1) is 6.92 Å². The quantitative estimate of drug-likeness (QED) is 0.505. The summed E-state index contributed by atoms with van der Waals surface area (Å²) in [4.78, 5) is 0. The lowest BCUT2D eigenvalue weighted by Crippen LogP contribution is -2.35. The van der Waals surface area contributed by atoms with Gasteiger partial charge in [-0.25, -0.2) is 9.24 Å². The minimum Gasteiger partial charge on any atom is -0.455 e. The molecule has 0 bridgehead atoms. The van der Waals surface area contributed by atoms with Gasteiger partial charge in [0.15, 0.2) is 0 Å². The van der Waals surface area contributed by atoms with Gasteiger partial charge in [-0.3, -0.25) is 13.6 Å². The Balaban J connectivity index is 2.60. The predicted molar refractivity (Wildman–Crippen MR) is 99.8 cm³/mol. The minimum absolute atomic E-state index is 0.147. The van der Waals surface area contributed by atoms with Crippen molar-refractivity contribution in [1.82, 2.24) is 0 Å². The molecule has 1 aromatic rings.